The number of benzene rings is 2. The van der Waals surface area contributed by atoms with Crippen molar-refractivity contribution < 1.29 is 19.1 Å². The first-order valence-electron chi connectivity index (χ1n) is 8.11. The molecule has 0 aromatic heterocycles. The fourth-order valence-corrected chi connectivity index (χ4v) is 2.43. The number of anilines is 1. The number of amides is 3. The average molecular weight is 390 g/mol. The van der Waals surface area contributed by atoms with Gasteiger partial charge in [-0.1, -0.05) is 23.7 Å². The molecule has 0 radical (unpaired) electrons. The summed E-state index contributed by atoms with van der Waals surface area (Å²) < 4.78 is 5.05. The molecule has 0 fully saturated rings. The molecular formula is C19H20ClN3O4. The number of rotatable bonds is 7. The molecule has 7 nitrogen and oxygen atoms in total. The molecule has 0 heterocycles. The van der Waals surface area contributed by atoms with Crippen LogP contribution in [0.15, 0.2) is 48.5 Å². The van der Waals surface area contributed by atoms with Gasteiger partial charge >= 0.3 is 0 Å². The van der Waals surface area contributed by atoms with Crippen molar-refractivity contribution in [2.75, 3.05) is 32.6 Å². The zero-order chi connectivity index (χ0) is 19.8. The van der Waals surface area contributed by atoms with Gasteiger partial charge in [0.1, 0.15) is 5.75 Å². The molecular weight excluding hydrogens is 370 g/mol. The van der Waals surface area contributed by atoms with Crippen molar-refractivity contribution in [3.05, 3.63) is 59.1 Å². The minimum absolute atomic E-state index is 0.146. The summed E-state index contributed by atoms with van der Waals surface area (Å²) in [5.41, 5.74) is 0.875. The highest BCUT2D eigenvalue weighted by Gasteiger charge is 2.15. The van der Waals surface area contributed by atoms with Gasteiger partial charge in [0.25, 0.3) is 5.91 Å². The van der Waals surface area contributed by atoms with E-state index in [1.165, 1.54) is 11.9 Å². The molecule has 2 N–H and O–H groups in total. The van der Waals surface area contributed by atoms with E-state index in [1.807, 2.05) is 0 Å². The van der Waals surface area contributed by atoms with E-state index in [0.717, 1.165) is 0 Å². The van der Waals surface area contributed by atoms with Crippen LogP contribution in [0.25, 0.3) is 0 Å². The lowest BCUT2D eigenvalue weighted by Gasteiger charge is -2.17. The lowest BCUT2D eigenvalue weighted by Crippen LogP contribution is -2.41. The summed E-state index contributed by atoms with van der Waals surface area (Å²) in [4.78, 5) is 37.4. The molecule has 2 aromatic rings. The van der Waals surface area contributed by atoms with Gasteiger partial charge in [-0.3, -0.25) is 14.4 Å². The highest BCUT2D eigenvalue weighted by Crippen LogP contribution is 2.15. The van der Waals surface area contributed by atoms with E-state index in [4.69, 9.17) is 16.3 Å². The Kier molecular flexibility index (Phi) is 7.19. The van der Waals surface area contributed by atoms with Crippen molar-refractivity contribution >= 4 is 35.0 Å². The molecule has 0 aliphatic carbocycles. The highest BCUT2D eigenvalue weighted by atomic mass is 35.5. The van der Waals surface area contributed by atoms with Crippen LogP contribution in [0.3, 0.4) is 0 Å². The topological polar surface area (TPSA) is 87.7 Å². The first-order valence-corrected chi connectivity index (χ1v) is 8.49. The summed E-state index contributed by atoms with van der Waals surface area (Å²) in [6, 6.07) is 13.4. The number of likely N-dealkylation sites (N-methyl/N-ethyl adjacent to an activating group) is 1. The van der Waals surface area contributed by atoms with Crippen molar-refractivity contribution in [3.63, 3.8) is 0 Å². The molecule has 142 valence electrons. The maximum atomic E-state index is 12.1. The van der Waals surface area contributed by atoms with E-state index in [2.05, 4.69) is 10.6 Å². The van der Waals surface area contributed by atoms with Gasteiger partial charge in [0.15, 0.2) is 0 Å². The highest BCUT2D eigenvalue weighted by molar-refractivity contribution is 6.33. The Bertz CT molecular complexity index is 824. The molecule has 0 unspecified atom stereocenters. The van der Waals surface area contributed by atoms with Gasteiger partial charge in [0, 0.05) is 12.7 Å². The first-order chi connectivity index (χ1) is 12.9. The Morgan fingerprint density at radius 3 is 2.37 bits per heavy atom. The molecule has 2 aromatic carbocycles. The maximum absolute atomic E-state index is 12.1. The van der Waals surface area contributed by atoms with Crippen molar-refractivity contribution in [2.24, 2.45) is 0 Å². The lowest BCUT2D eigenvalue weighted by atomic mass is 10.2. The van der Waals surface area contributed by atoms with Crippen molar-refractivity contribution in [3.8, 4) is 5.75 Å². The maximum Gasteiger partial charge on any atom is 0.253 e. The molecule has 27 heavy (non-hydrogen) atoms. The molecule has 3 amide bonds. The number of methoxy groups -OCH3 is 1. The quantitative estimate of drug-likeness (QED) is 0.759. The van der Waals surface area contributed by atoms with Gasteiger partial charge in [0.05, 0.1) is 30.8 Å². The van der Waals surface area contributed by atoms with Crippen molar-refractivity contribution in [1.29, 1.82) is 0 Å². The van der Waals surface area contributed by atoms with E-state index in [0.29, 0.717) is 16.5 Å². The second-order valence-corrected chi connectivity index (χ2v) is 6.10. The summed E-state index contributed by atoms with van der Waals surface area (Å²) in [5.74, 6) is -0.534. The normalized spacial score (nSPS) is 10.0. The molecule has 0 atom stereocenters. The van der Waals surface area contributed by atoms with Crippen LogP contribution in [0.2, 0.25) is 5.02 Å². The Morgan fingerprint density at radius 2 is 1.74 bits per heavy atom. The number of ether oxygens (including phenoxy) is 1. The predicted octanol–water partition coefficient (Wildman–Crippen LogP) is 2.18. The Morgan fingerprint density at radius 1 is 1.07 bits per heavy atom. The molecule has 0 spiro atoms. The average Bonchev–Trinajstić information content (AvgIpc) is 2.66. The smallest absolute Gasteiger partial charge is 0.253 e. The van der Waals surface area contributed by atoms with Crippen molar-refractivity contribution in [2.45, 2.75) is 0 Å². The molecule has 0 aliphatic rings. The number of hydrogen-bond donors (Lipinski definition) is 2. The van der Waals surface area contributed by atoms with Gasteiger partial charge in [-0.05, 0) is 36.4 Å². The van der Waals surface area contributed by atoms with Gasteiger partial charge in [0.2, 0.25) is 11.8 Å². The Hall–Kier alpha value is -3.06. The van der Waals surface area contributed by atoms with Crippen molar-refractivity contribution in [1.82, 2.24) is 10.2 Å². The lowest BCUT2D eigenvalue weighted by molar-refractivity contribution is -0.132. The number of hydrogen-bond acceptors (Lipinski definition) is 4. The van der Waals surface area contributed by atoms with E-state index in [1.54, 1.807) is 55.6 Å². The van der Waals surface area contributed by atoms with Crippen LogP contribution in [0.5, 0.6) is 5.75 Å². The fraction of sp³-hybridized carbons (Fsp3) is 0.211. The monoisotopic (exact) mass is 389 g/mol. The SMILES string of the molecule is COc1ccc(NC(=O)CN(C)C(=O)CNC(=O)c2ccccc2Cl)cc1. The zero-order valence-electron chi connectivity index (χ0n) is 15.0. The van der Waals surface area contributed by atoms with Crippen LogP contribution in [0.4, 0.5) is 5.69 Å². The van der Waals surface area contributed by atoms with E-state index in [9.17, 15) is 14.4 Å². The largest absolute Gasteiger partial charge is 0.497 e. The van der Waals surface area contributed by atoms with Crippen LogP contribution in [-0.2, 0) is 9.59 Å². The van der Waals surface area contributed by atoms with Gasteiger partial charge in [-0.2, -0.15) is 0 Å². The summed E-state index contributed by atoms with van der Waals surface area (Å²) in [6.45, 7) is -0.386. The van der Waals surface area contributed by atoms with Gasteiger partial charge < -0.3 is 20.3 Å². The van der Waals surface area contributed by atoms with Crippen LogP contribution in [-0.4, -0.2) is 49.9 Å². The van der Waals surface area contributed by atoms with Gasteiger partial charge in [-0.15, -0.1) is 0 Å². The summed E-state index contributed by atoms with van der Waals surface area (Å²) in [5, 5.41) is 5.48. The Labute approximate surface area is 162 Å². The minimum atomic E-state index is -0.454. The second-order valence-electron chi connectivity index (χ2n) is 5.69. The van der Waals surface area contributed by atoms with Gasteiger partial charge in [-0.25, -0.2) is 0 Å². The third kappa shape index (κ3) is 6.00. The summed E-state index contributed by atoms with van der Waals surface area (Å²) >= 11 is 5.94. The van der Waals surface area contributed by atoms with E-state index in [-0.39, 0.29) is 24.6 Å². The first kappa shape index (κ1) is 20.3. The molecule has 0 saturated carbocycles. The number of carbonyl (C=O) groups excluding carboxylic acids is 3. The number of nitrogens with one attached hydrogen (secondary N) is 2. The predicted molar refractivity (Wildman–Crippen MR) is 103 cm³/mol. The third-order valence-corrected chi connectivity index (χ3v) is 4.03. The molecule has 0 bridgehead atoms. The van der Waals surface area contributed by atoms with E-state index < -0.39 is 11.8 Å². The fourth-order valence-electron chi connectivity index (χ4n) is 2.21. The summed E-state index contributed by atoms with van der Waals surface area (Å²) in [6.07, 6.45) is 0. The number of nitrogens with zero attached hydrogens (tertiary/aromatic N) is 1. The molecule has 0 saturated heterocycles. The molecule has 0 aliphatic heterocycles. The van der Waals surface area contributed by atoms with E-state index >= 15 is 0 Å². The Balaban J connectivity index is 1.81. The molecule has 8 heteroatoms. The zero-order valence-corrected chi connectivity index (χ0v) is 15.7. The molecule has 2 rings (SSSR count). The number of carbonyl (C=O) groups is 3. The minimum Gasteiger partial charge on any atom is -0.497 e. The standard InChI is InChI=1S/C19H20ClN3O4/c1-23(12-17(24)22-13-7-9-14(27-2)10-8-13)18(25)11-21-19(26)15-5-3-4-6-16(15)20/h3-10H,11-12H2,1-2H3,(H,21,26)(H,22,24). The van der Waals surface area contributed by atoms with Crippen LogP contribution < -0.4 is 15.4 Å². The van der Waals surface area contributed by atoms with Crippen LogP contribution in [0.1, 0.15) is 10.4 Å². The third-order valence-electron chi connectivity index (χ3n) is 3.70. The second kappa shape index (κ2) is 9.59. The summed E-state index contributed by atoms with van der Waals surface area (Å²) in [7, 11) is 3.04. The van der Waals surface area contributed by atoms with Crippen LogP contribution >= 0.6 is 11.6 Å². The number of halogens is 1. The van der Waals surface area contributed by atoms with Crippen LogP contribution in [0, 0.1) is 0 Å².